The Balaban J connectivity index is 1.62. The highest BCUT2D eigenvalue weighted by molar-refractivity contribution is 6.00. The number of hydrogen-bond donors (Lipinski definition) is 1. The molecule has 65 heavy (non-hydrogen) atoms. The third-order valence-electron chi connectivity index (χ3n) is 14.1. The van der Waals surface area contributed by atoms with Gasteiger partial charge < -0.3 is 38.6 Å². The van der Waals surface area contributed by atoms with Crippen LogP contribution >= 0.6 is 0 Å². The van der Waals surface area contributed by atoms with Crippen LogP contribution in [0.1, 0.15) is 87.1 Å². The molecule has 0 radical (unpaired) electrons. The van der Waals surface area contributed by atoms with Gasteiger partial charge in [0, 0.05) is 74.8 Å². The van der Waals surface area contributed by atoms with Crippen LogP contribution in [0.25, 0.3) is 17.0 Å². The van der Waals surface area contributed by atoms with E-state index >= 15 is 0 Å². The lowest BCUT2D eigenvalue weighted by molar-refractivity contribution is -0.296. The van der Waals surface area contributed by atoms with Gasteiger partial charge >= 0.3 is 5.97 Å². The number of pyridine rings is 1. The number of aliphatic hydroxyl groups is 1. The molecule has 2 fully saturated rings. The second kappa shape index (κ2) is 24.4. The number of ether oxygens (including phenoxy) is 5. The van der Waals surface area contributed by atoms with Crippen LogP contribution in [-0.2, 0) is 42.9 Å². The van der Waals surface area contributed by atoms with Crippen LogP contribution in [-0.4, -0.2) is 182 Å². The van der Waals surface area contributed by atoms with Crippen molar-refractivity contribution in [2.24, 2.45) is 17.8 Å². The third-order valence-corrected chi connectivity index (χ3v) is 14.1. The monoisotopic (exact) mass is 910 g/mol. The SMILES string of the molecule is CC[C@@H](OC(=O)[C@H](C)C(=O)[C@H](C)[C@@H](O[C@@H]1O[C@H](C)C[C@H](N(C)C)[C@H]1O)[C@@](C)(C[C@@H](C)C(C)=O)OC/C=C/c1cnc2ccccc2c1)[C@@](C)(OC=O)[C@@H](C)N(C)CCN1CCN(C)CC1. The molecule has 15 heteroatoms. The number of piperazine rings is 1. The third kappa shape index (κ3) is 14.2. The highest BCUT2D eigenvalue weighted by atomic mass is 16.7. The van der Waals surface area contributed by atoms with Crippen molar-refractivity contribution in [2.75, 3.05) is 74.1 Å². The Hall–Kier alpha value is -3.67. The van der Waals surface area contributed by atoms with Crippen LogP contribution < -0.4 is 0 Å². The molecule has 0 aliphatic carbocycles. The van der Waals surface area contributed by atoms with Crippen LogP contribution in [0.3, 0.4) is 0 Å². The lowest BCUT2D eigenvalue weighted by Crippen LogP contribution is -2.60. The van der Waals surface area contributed by atoms with Crippen molar-refractivity contribution >= 4 is 41.0 Å². The Bertz CT molecular complexity index is 1890. The number of rotatable bonds is 25. The first-order chi connectivity index (χ1) is 30.6. The second-order valence-electron chi connectivity index (χ2n) is 19.3. The molecule has 1 aromatic carbocycles. The zero-order chi connectivity index (χ0) is 48.2. The molecule has 1 aromatic heterocycles. The minimum absolute atomic E-state index is 0.0760. The van der Waals surface area contributed by atoms with E-state index in [1.165, 1.54) is 13.8 Å². The van der Waals surface area contributed by atoms with E-state index in [9.17, 15) is 24.3 Å². The van der Waals surface area contributed by atoms with Crippen molar-refractivity contribution in [1.29, 1.82) is 0 Å². The maximum Gasteiger partial charge on any atom is 0.316 e. The van der Waals surface area contributed by atoms with Crippen molar-refractivity contribution in [3.05, 3.63) is 48.2 Å². The number of carbonyl (C=O) groups excluding carboxylic acids is 4. The summed E-state index contributed by atoms with van der Waals surface area (Å²) in [5.74, 6) is -4.15. The molecule has 0 amide bonds. The van der Waals surface area contributed by atoms with E-state index in [1.807, 2.05) is 89.3 Å². The molecular formula is C50H79N5O10. The molecule has 364 valence electrons. The molecule has 0 unspecified atom stereocenters. The molecule has 2 aliphatic heterocycles. The van der Waals surface area contributed by atoms with Crippen molar-refractivity contribution < 1.29 is 48.0 Å². The van der Waals surface area contributed by atoms with Crippen molar-refractivity contribution in [1.82, 2.24) is 24.6 Å². The highest BCUT2D eigenvalue weighted by Gasteiger charge is 2.50. The first-order valence-corrected chi connectivity index (χ1v) is 23.4. The summed E-state index contributed by atoms with van der Waals surface area (Å²) in [6.07, 6.45) is 1.99. The van der Waals surface area contributed by atoms with Crippen LogP contribution in [0.2, 0.25) is 0 Å². The van der Waals surface area contributed by atoms with Crippen molar-refractivity contribution in [2.45, 2.75) is 136 Å². The maximum atomic E-state index is 14.8. The van der Waals surface area contributed by atoms with Gasteiger partial charge in [0.05, 0.1) is 29.9 Å². The molecule has 0 spiro atoms. The smallest absolute Gasteiger partial charge is 0.316 e. The summed E-state index contributed by atoms with van der Waals surface area (Å²) < 4.78 is 31.7. The number of likely N-dealkylation sites (N-methyl/N-ethyl adjacent to an activating group) is 3. The summed E-state index contributed by atoms with van der Waals surface area (Å²) in [5.41, 5.74) is -0.823. The van der Waals surface area contributed by atoms with Gasteiger partial charge in [-0.15, -0.1) is 0 Å². The molecule has 1 N–H and O–H groups in total. The fourth-order valence-electron chi connectivity index (χ4n) is 9.26. The number of benzene rings is 1. The largest absolute Gasteiger partial charge is 0.458 e. The number of ketones is 2. The van der Waals surface area contributed by atoms with Gasteiger partial charge in [-0.2, -0.15) is 0 Å². The molecule has 15 nitrogen and oxygen atoms in total. The molecule has 2 aliphatic rings. The molecule has 4 rings (SSSR count). The topological polar surface area (TPSA) is 161 Å². The van der Waals surface area contributed by atoms with E-state index in [4.69, 9.17) is 23.7 Å². The lowest BCUT2D eigenvalue weighted by Gasteiger charge is -2.47. The van der Waals surface area contributed by atoms with E-state index in [0.29, 0.717) is 25.9 Å². The molecule has 0 saturated carbocycles. The standard InChI is InChI=1S/C50H79N5O10/c1-14-43(50(9,62-32-56)38(7)54(13)23-26-55-24-21-53(12)22-25-55)64-47(60)36(5)44(58)35(4)46(65-48-45(59)42(52(10)11)28-34(3)63-48)49(8,30-33(2)37(6)57)61-27-17-18-39-29-40-19-15-16-20-41(40)51-31-39/h15-20,29,31-36,38,42-43,45-46,48,59H,14,21-28,30H2,1-13H3/b18-17+/t33-,34-,35+,36-,38-,42+,43-,45-,46-,48+,49-,50+/m1/s1. The summed E-state index contributed by atoms with van der Waals surface area (Å²) in [4.78, 5) is 67.2. The fourth-order valence-corrected chi connectivity index (χ4v) is 9.26. The summed E-state index contributed by atoms with van der Waals surface area (Å²) in [7, 11) is 7.84. The van der Waals surface area contributed by atoms with E-state index in [2.05, 4.69) is 26.7 Å². The summed E-state index contributed by atoms with van der Waals surface area (Å²) in [6.45, 7) is 21.7. The number of nitrogens with zero attached hydrogens (tertiary/aromatic N) is 5. The zero-order valence-corrected chi connectivity index (χ0v) is 41.4. The van der Waals surface area contributed by atoms with E-state index in [0.717, 1.165) is 49.2 Å². The molecule has 2 aromatic rings. The van der Waals surface area contributed by atoms with Crippen LogP contribution in [0.5, 0.6) is 0 Å². The molecule has 2 saturated heterocycles. The summed E-state index contributed by atoms with van der Waals surface area (Å²) in [5, 5.41) is 12.7. The molecule has 0 bridgehead atoms. The predicted molar refractivity (Wildman–Crippen MR) is 252 cm³/mol. The lowest BCUT2D eigenvalue weighted by atomic mass is 9.78. The van der Waals surface area contributed by atoms with Crippen LogP contribution in [0, 0.1) is 17.8 Å². The minimum Gasteiger partial charge on any atom is -0.458 e. The quantitative estimate of drug-likeness (QED) is 0.0795. The first-order valence-electron chi connectivity index (χ1n) is 23.4. The Labute approximate surface area is 388 Å². The van der Waals surface area contributed by atoms with Crippen LogP contribution in [0.15, 0.2) is 42.6 Å². The predicted octanol–water partition coefficient (Wildman–Crippen LogP) is 5.11. The Morgan fingerprint density at radius 2 is 1.74 bits per heavy atom. The number of hydrogen-bond acceptors (Lipinski definition) is 15. The van der Waals surface area contributed by atoms with Crippen molar-refractivity contribution in [3.63, 3.8) is 0 Å². The molecule has 12 atom stereocenters. The summed E-state index contributed by atoms with van der Waals surface area (Å²) in [6, 6.07) is 9.19. The number of aliphatic hydroxyl groups excluding tert-OH is 1. The number of para-hydroxylation sites is 1. The van der Waals surface area contributed by atoms with E-state index < -0.39 is 65.3 Å². The van der Waals surface area contributed by atoms with Gasteiger partial charge in [-0.1, -0.05) is 51.1 Å². The molecule has 3 heterocycles. The molecular weight excluding hydrogens is 831 g/mol. The van der Waals surface area contributed by atoms with Gasteiger partial charge in [-0.25, -0.2) is 0 Å². The number of fused-ring (bicyclic) bond motifs is 1. The van der Waals surface area contributed by atoms with Gasteiger partial charge in [0.25, 0.3) is 6.47 Å². The number of Topliss-reactive ketones (excluding diaryl/α,β-unsaturated/α-hetero) is 2. The van der Waals surface area contributed by atoms with Crippen LogP contribution in [0.4, 0.5) is 0 Å². The normalized spacial score (nSPS) is 24.7. The summed E-state index contributed by atoms with van der Waals surface area (Å²) >= 11 is 0. The number of aromatic nitrogens is 1. The number of carbonyl (C=O) groups is 4. The second-order valence-corrected chi connectivity index (χ2v) is 19.3. The Kier molecular flexibility index (Phi) is 20.2. The zero-order valence-electron chi connectivity index (χ0n) is 41.4. The van der Waals surface area contributed by atoms with Gasteiger partial charge in [-0.3, -0.25) is 34.0 Å². The Morgan fingerprint density at radius 1 is 1.06 bits per heavy atom. The first kappa shape index (κ1) is 53.9. The van der Waals surface area contributed by atoms with Gasteiger partial charge in [0.2, 0.25) is 0 Å². The van der Waals surface area contributed by atoms with Gasteiger partial charge in [0.1, 0.15) is 23.9 Å². The van der Waals surface area contributed by atoms with Gasteiger partial charge in [-0.05, 0) is 107 Å². The van der Waals surface area contributed by atoms with Gasteiger partial charge in [0.15, 0.2) is 17.7 Å². The van der Waals surface area contributed by atoms with E-state index in [-0.39, 0.29) is 37.0 Å². The Morgan fingerprint density at radius 3 is 2.37 bits per heavy atom. The average Bonchev–Trinajstić information content (AvgIpc) is 3.28. The fraction of sp³-hybridized carbons (Fsp3) is 0.700. The number of esters is 1. The van der Waals surface area contributed by atoms with Crippen molar-refractivity contribution in [3.8, 4) is 0 Å². The minimum atomic E-state index is -1.32. The average molecular weight is 910 g/mol. The van der Waals surface area contributed by atoms with E-state index in [1.54, 1.807) is 33.9 Å². The highest BCUT2D eigenvalue weighted by Crippen LogP contribution is 2.37. The maximum absolute atomic E-state index is 14.8.